The summed E-state index contributed by atoms with van der Waals surface area (Å²) >= 11 is 0. The summed E-state index contributed by atoms with van der Waals surface area (Å²) < 4.78 is 0. The van der Waals surface area contributed by atoms with E-state index < -0.39 is 0 Å². The fourth-order valence-electron chi connectivity index (χ4n) is 3.32. The van der Waals surface area contributed by atoms with Crippen LogP contribution in [0.25, 0.3) is 0 Å². The van der Waals surface area contributed by atoms with Gasteiger partial charge in [-0.15, -0.1) is 0 Å². The minimum atomic E-state index is 0.253. The highest BCUT2D eigenvalue weighted by molar-refractivity contribution is 5.00. The highest BCUT2D eigenvalue weighted by Crippen LogP contribution is 2.33. The second-order valence-corrected chi connectivity index (χ2v) is 6.44. The van der Waals surface area contributed by atoms with Gasteiger partial charge in [0.2, 0.25) is 0 Å². The zero-order valence-corrected chi connectivity index (χ0v) is 11.4. The molecule has 0 aliphatic carbocycles. The van der Waals surface area contributed by atoms with E-state index in [9.17, 15) is 0 Å². The van der Waals surface area contributed by atoms with Crippen LogP contribution in [0.15, 0.2) is 0 Å². The van der Waals surface area contributed by atoms with Crippen molar-refractivity contribution in [2.45, 2.75) is 59.0 Å². The minimum Gasteiger partial charge on any atom is -0.315 e. The molecular weight excluding hydrogens is 184 g/mol. The Morgan fingerprint density at radius 3 is 1.80 bits per heavy atom. The van der Waals surface area contributed by atoms with Gasteiger partial charge in [-0.3, -0.25) is 4.90 Å². The van der Waals surface area contributed by atoms with Crippen molar-refractivity contribution in [2.24, 2.45) is 5.41 Å². The average Bonchev–Trinajstić information content (AvgIpc) is 2.52. The van der Waals surface area contributed by atoms with E-state index in [2.05, 4.69) is 51.9 Å². The molecule has 1 fully saturated rings. The normalized spacial score (nSPS) is 22.0. The molecule has 0 aromatic heterocycles. The summed E-state index contributed by atoms with van der Waals surface area (Å²) in [6, 6.07) is 0.531. The van der Waals surface area contributed by atoms with Gasteiger partial charge >= 0.3 is 0 Å². The van der Waals surface area contributed by atoms with Crippen LogP contribution in [0.4, 0.5) is 0 Å². The maximum absolute atomic E-state index is 3.52. The average molecular weight is 212 g/mol. The maximum atomic E-state index is 3.52. The molecule has 0 saturated carbocycles. The molecule has 1 saturated heterocycles. The molecule has 1 atom stereocenters. The van der Waals surface area contributed by atoms with Gasteiger partial charge in [-0.25, -0.2) is 0 Å². The number of likely N-dealkylation sites (tertiary alicyclic amines) is 1. The summed E-state index contributed by atoms with van der Waals surface area (Å²) in [4.78, 5) is 2.64. The van der Waals surface area contributed by atoms with Crippen molar-refractivity contribution < 1.29 is 0 Å². The number of likely N-dealkylation sites (N-methyl/N-ethyl adjacent to an activating group) is 1. The molecular formula is C13H28N2. The van der Waals surface area contributed by atoms with Gasteiger partial charge in [0.05, 0.1) is 0 Å². The van der Waals surface area contributed by atoms with Crippen molar-refractivity contribution >= 4 is 0 Å². The van der Waals surface area contributed by atoms with Gasteiger partial charge in [0.15, 0.2) is 0 Å². The number of hydrogen-bond donors (Lipinski definition) is 1. The smallest absolute Gasteiger partial charge is 0.0311 e. The molecule has 1 N–H and O–H groups in total. The van der Waals surface area contributed by atoms with E-state index in [0.29, 0.717) is 11.5 Å². The first-order valence-corrected chi connectivity index (χ1v) is 6.22. The Morgan fingerprint density at radius 2 is 1.47 bits per heavy atom. The summed E-state index contributed by atoms with van der Waals surface area (Å²) in [7, 11) is 2.09. The summed E-state index contributed by atoms with van der Waals surface area (Å²) in [5, 5.41) is 3.52. The van der Waals surface area contributed by atoms with Crippen LogP contribution in [0.2, 0.25) is 0 Å². The number of rotatable bonds is 3. The lowest BCUT2D eigenvalue weighted by Gasteiger charge is -2.48. The summed E-state index contributed by atoms with van der Waals surface area (Å²) in [5.74, 6) is 0. The maximum Gasteiger partial charge on any atom is 0.0311 e. The van der Waals surface area contributed by atoms with Crippen molar-refractivity contribution in [1.82, 2.24) is 10.2 Å². The second kappa shape index (κ2) is 4.42. The third-order valence-electron chi connectivity index (χ3n) is 3.78. The standard InChI is InChI=1S/C13H28N2/c1-12(2,3)11(14-6)13(4,5)15-9-7-8-10-15/h11,14H,7-10H2,1-6H3. The zero-order valence-electron chi connectivity index (χ0n) is 11.4. The van der Waals surface area contributed by atoms with Gasteiger partial charge in [-0.2, -0.15) is 0 Å². The molecule has 1 heterocycles. The van der Waals surface area contributed by atoms with Crippen LogP contribution >= 0.6 is 0 Å². The van der Waals surface area contributed by atoms with E-state index in [1.54, 1.807) is 0 Å². The van der Waals surface area contributed by atoms with Crippen molar-refractivity contribution in [2.75, 3.05) is 20.1 Å². The Bertz CT molecular complexity index is 197. The highest BCUT2D eigenvalue weighted by Gasteiger charge is 2.41. The Balaban J connectivity index is 2.80. The zero-order chi connectivity index (χ0) is 11.7. The third kappa shape index (κ3) is 2.73. The number of nitrogens with zero attached hydrogens (tertiary/aromatic N) is 1. The van der Waals surface area contributed by atoms with Gasteiger partial charge < -0.3 is 5.32 Å². The second-order valence-electron chi connectivity index (χ2n) is 6.44. The van der Waals surface area contributed by atoms with Crippen molar-refractivity contribution in [3.63, 3.8) is 0 Å². The van der Waals surface area contributed by atoms with Crippen LogP contribution in [0, 0.1) is 5.41 Å². The Labute approximate surface area is 95.4 Å². The topological polar surface area (TPSA) is 15.3 Å². The lowest BCUT2D eigenvalue weighted by molar-refractivity contribution is 0.0568. The van der Waals surface area contributed by atoms with Crippen LogP contribution in [0.1, 0.15) is 47.5 Å². The lowest BCUT2D eigenvalue weighted by atomic mass is 9.75. The molecule has 90 valence electrons. The van der Waals surface area contributed by atoms with Gasteiger partial charge in [-0.1, -0.05) is 20.8 Å². The summed E-state index contributed by atoms with van der Waals surface area (Å²) in [6.07, 6.45) is 2.73. The first-order chi connectivity index (χ1) is 6.80. The molecule has 2 nitrogen and oxygen atoms in total. The van der Waals surface area contributed by atoms with Crippen LogP contribution in [0.5, 0.6) is 0 Å². The SMILES string of the molecule is CNC(C(C)(C)C)C(C)(C)N1CCCC1. The fraction of sp³-hybridized carbons (Fsp3) is 1.00. The molecule has 0 spiro atoms. The van der Waals surface area contributed by atoms with Gasteiger partial charge in [0.25, 0.3) is 0 Å². The van der Waals surface area contributed by atoms with E-state index in [1.807, 2.05) is 0 Å². The molecule has 1 aliphatic heterocycles. The minimum absolute atomic E-state index is 0.253. The van der Waals surface area contributed by atoms with Crippen molar-refractivity contribution in [1.29, 1.82) is 0 Å². The first-order valence-electron chi connectivity index (χ1n) is 6.22. The predicted octanol–water partition coefficient (Wildman–Crippen LogP) is 2.49. The summed E-state index contributed by atoms with van der Waals surface area (Å²) in [5.41, 5.74) is 0.560. The quantitative estimate of drug-likeness (QED) is 0.773. The largest absolute Gasteiger partial charge is 0.315 e. The number of nitrogens with one attached hydrogen (secondary N) is 1. The molecule has 1 unspecified atom stereocenters. The third-order valence-corrected chi connectivity index (χ3v) is 3.78. The van der Waals surface area contributed by atoms with E-state index >= 15 is 0 Å². The van der Waals surface area contributed by atoms with Gasteiger partial charge in [-0.05, 0) is 52.2 Å². The Hall–Kier alpha value is -0.0800. The molecule has 0 radical (unpaired) electrons. The van der Waals surface area contributed by atoms with Crippen LogP contribution in [0.3, 0.4) is 0 Å². The Kier molecular flexibility index (Phi) is 3.83. The van der Waals surface area contributed by atoms with Gasteiger partial charge in [0, 0.05) is 11.6 Å². The van der Waals surface area contributed by atoms with Crippen molar-refractivity contribution in [3.05, 3.63) is 0 Å². The lowest BCUT2D eigenvalue weighted by Crippen LogP contribution is -2.61. The van der Waals surface area contributed by atoms with Crippen LogP contribution in [-0.2, 0) is 0 Å². The molecule has 0 aromatic carbocycles. The van der Waals surface area contributed by atoms with Crippen LogP contribution < -0.4 is 5.32 Å². The summed E-state index contributed by atoms with van der Waals surface area (Å²) in [6.45, 7) is 14.3. The fourth-order valence-corrected chi connectivity index (χ4v) is 3.32. The molecule has 15 heavy (non-hydrogen) atoms. The monoisotopic (exact) mass is 212 g/mol. The van der Waals surface area contributed by atoms with E-state index in [4.69, 9.17) is 0 Å². The number of hydrogen-bond acceptors (Lipinski definition) is 2. The Morgan fingerprint density at radius 1 is 1.00 bits per heavy atom. The van der Waals surface area contributed by atoms with E-state index in [0.717, 1.165) is 0 Å². The van der Waals surface area contributed by atoms with Crippen molar-refractivity contribution in [3.8, 4) is 0 Å². The van der Waals surface area contributed by atoms with E-state index in [1.165, 1.54) is 25.9 Å². The molecule has 1 aliphatic rings. The predicted molar refractivity (Wildman–Crippen MR) is 67.2 cm³/mol. The molecule has 0 amide bonds. The van der Waals surface area contributed by atoms with Gasteiger partial charge in [0.1, 0.15) is 0 Å². The first kappa shape index (κ1) is 13.0. The molecule has 1 rings (SSSR count). The van der Waals surface area contributed by atoms with Crippen LogP contribution in [-0.4, -0.2) is 36.6 Å². The molecule has 2 heteroatoms. The molecule has 0 aromatic rings. The highest BCUT2D eigenvalue weighted by atomic mass is 15.2. The molecule has 0 bridgehead atoms. The van der Waals surface area contributed by atoms with E-state index in [-0.39, 0.29) is 5.54 Å².